The van der Waals surface area contributed by atoms with Crippen LogP contribution in [0.15, 0.2) is 38.6 Å². The minimum absolute atomic E-state index is 0.328. The number of fused-ring (bicyclic) bond motifs is 1. The molecule has 9 nitrogen and oxygen atoms in total. The van der Waals surface area contributed by atoms with Crippen LogP contribution in [0.2, 0.25) is 0 Å². The molecule has 2 aliphatic rings. The molecule has 5 rings (SSSR count). The number of rotatable bonds is 4. The number of hydrogen-bond donors (Lipinski definition) is 1. The predicted octanol–water partition coefficient (Wildman–Crippen LogP) is 3.86. The summed E-state index contributed by atoms with van der Waals surface area (Å²) in [6, 6.07) is 8.63. The summed E-state index contributed by atoms with van der Waals surface area (Å²) in [7, 11) is 1.74. The van der Waals surface area contributed by atoms with Gasteiger partial charge in [-0.3, -0.25) is 0 Å². The first-order valence-corrected chi connectivity index (χ1v) is 11.8. The highest BCUT2D eigenvalue weighted by molar-refractivity contribution is 6.09. The molecular weight excluding hydrogens is 432 g/mol. The zero-order chi connectivity index (χ0) is 24.0. The van der Waals surface area contributed by atoms with Crippen molar-refractivity contribution < 1.29 is 9.26 Å². The van der Waals surface area contributed by atoms with Gasteiger partial charge in [0, 0.05) is 19.0 Å². The van der Waals surface area contributed by atoms with E-state index < -0.39 is 11.4 Å². The van der Waals surface area contributed by atoms with Gasteiger partial charge in [-0.2, -0.15) is 14.7 Å². The lowest BCUT2D eigenvalue weighted by molar-refractivity contribution is 0.171. The fourth-order valence-corrected chi connectivity index (χ4v) is 5.10. The summed E-state index contributed by atoms with van der Waals surface area (Å²) in [6.45, 7) is 5.76. The normalized spacial score (nSPS) is 21.5. The van der Waals surface area contributed by atoms with Crippen molar-refractivity contribution in [1.29, 1.82) is 0 Å². The van der Waals surface area contributed by atoms with Gasteiger partial charge in [0.05, 0.1) is 5.71 Å². The minimum Gasteiger partial charge on any atom is -0.463 e. The molecule has 2 aromatic heterocycles. The van der Waals surface area contributed by atoms with E-state index >= 15 is 0 Å². The lowest BCUT2D eigenvalue weighted by Gasteiger charge is -2.32. The highest BCUT2D eigenvalue weighted by Crippen LogP contribution is 2.40. The van der Waals surface area contributed by atoms with E-state index in [9.17, 15) is 4.79 Å². The third-order valence-corrected chi connectivity index (χ3v) is 6.91. The van der Waals surface area contributed by atoms with Gasteiger partial charge in [-0.15, -0.1) is 0 Å². The third-order valence-electron chi connectivity index (χ3n) is 6.91. The van der Waals surface area contributed by atoms with E-state index in [1.165, 1.54) is 10.3 Å². The number of nitrogens with two attached hydrogens (primary N) is 1. The van der Waals surface area contributed by atoms with Crippen LogP contribution in [-0.4, -0.2) is 31.0 Å². The largest absolute Gasteiger partial charge is 0.463 e. The minimum atomic E-state index is -0.638. The van der Waals surface area contributed by atoms with Crippen molar-refractivity contribution >= 4 is 17.2 Å². The number of nitrogen functional groups attached to an aromatic ring is 1. The van der Waals surface area contributed by atoms with E-state index in [1.807, 2.05) is 13.8 Å². The molecule has 0 radical (unpaired) electrons. The smallest absolute Gasteiger partial charge is 0.459 e. The quantitative estimate of drug-likeness (QED) is 0.625. The molecule has 9 heteroatoms. The molecule has 178 valence electrons. The predicted molar refractivity (Wildman–Crippen MR) is 129 cm³/mol. The lowest BCUT2D eigenvalue weighted by atomic mass is 9.77. The van der Waals surface area contributed by atoms with Crippen molar-refractivity contribution in [1.82, 2.24) is 19.7 Å². The third kappa shape index (κ3) is 4.22. The van der Waals surface area contributed by atoms with Crippen molar-refractivity contribution in [2.24, 2.45) is 18.0 Å². The molecule has 1 saturated carbocycles. The average Bonchev–Trinajstić information content (AvgIpc) is 3.09. The summed E-state index contributed by atoms with van der Waals surface area (Å²) in [4.78, 5) is 28.7. The molecule has 1 aromatic carbocycles. The standard InChI is InChI=1S/C25H30N6O3/c1-14-27-22(26)20-23(28-14)33-25(2,3)21(30-20)18-11-9-17(10-12-18)16-7-5-15(6-8-16)13-19-29-24(32)34-31(19)4/h9-12,15-16H,5-8,13H2,1-4H3,(H2,26,27,28)/t15-,16-. The van der Waals surface area contributed by atoms with E-state index in [-0.39, 0.29) is 0 Å². The van der Waals surface area contributed by atoms with Gasteiger partial charge >= 0.3 is 5.76 Å². The van der Waals surface area contributed by atoms with Crippen LogP contribution in [0.25, 0.3) is 0 Å². The molecule has 34 heavy (non-hydrogen) atoms. The van der Waals surface area contributed by atoms with Crippen LogP contribution in [0.5, 0.6) is 5.88 Å². The highest BCUT2D eigenvalue weighted by atomic mass is 16.5. The van der Waals surface area contributed by atoms with Crippen LogP contribution >= 0.6 is 0 Å². The Labute approximate surface area is 198 Å². The summed E-state index contributed by atoms with van der Waals surface area (Å²) in [5.74, 6) is 2.59. The number of aromatic nitrogens is 4. The van der Waals surface area contributed by atoms with E-state index in [2.05, 4.69) is 39.2 Å². The zero-order valence-corrected chi connectivity index (χ0v) is 20.0. The van der Waals surface area contributed by atoms with Crippen LogP contribution in [0.4, 0.5) is 11.5 Å². The fourth-order valence-electron chi connectivity index (χ4n) is 5.10. The molecule has 1 aliphatic carbocycles. The molecule has 0 atom stereocenters. The number of aliphatic imine (C=N–C) groups is 1. The molecule has 3 aromatic rings. The molecule has 3 heterocycles. The van der Waals surface area contributed by atoms with Gasteiger partial charge in [-0.1, -0.05) is 24.3 Å². The first-order chi connectivity index (χ1) is 16.2. The van der Waals surface area contributed by atoms with Crippen molar-refractivity contribution in [3.8, 4) is 5.88 Å². The Morgan fingerprint density at radius 1 is 1.09 bits per heavy atom. The molecular formula is C25H30N6O3. The second kappa shape index (κ2) is 8.38. The first kappa shape index (κ1) is 22.3. The molecule has 0 amide bonds. The number of aryl methyl sites for hydroxylation is 2. The number of anilines is 1. The summed E-state index contributed by atoms with van der Waals surface area (Å²) < 4.78 is 12.6. The van der Waals surface area contributed by atoms with Crippen LogP contribution in [0.3, 0.4) is 0 Å². The lowest BCUT2D eigenvalue weighted by Crippen LogP contribution is -2.41. The zero-order valence-electron chi connectivity index (χ0n) is 20.0. The second-order valence-corrected chi connectivity index (χ2v) is 9.81. The van der Waals surface area contributed by atoms with Gasteiger partial charge < -0.3 is 15.0 Å². The Morgan fingerprint density at radius 3 is 2.44 bits per heavy atom. The number of nitrogens with zero attached hydrogens (tertiary/aromatic N) is 5. The summed E-state index contributed by atoms with van der Waals surface area (Å²) in [5.41, 5.74) is 9.10. The maximum absolute atomic E-state index is 11.3. The van der Waals surface area contributed by atoms with Gasteiger partial charge in [0.15, 0.2) is 11.5 Å². The SMILES string of the molecule is Cc1nc(N)c2c(n1)OC(C)(C)C(c1ccc([C@H]3CC[C@H](Cc4nc(=O)on4C)CC3)cc1)=N2. The Balaban J connectivity index is 1.30. The van der Waals surface area contributed by atoms with Crippen LogP contribution in [0.1, 0.15) is 68.2 Å². The molecule has 0 bridgehead atoms. The number of hydrogen-bond acceptors (Lipinski definition) is 8. The van der Waals surface area contributed by atoms with Crippen molar-refractivity contribution in [3.05, 3.63) is 57.6 Å². The molecule has 1 aliphatic heterocycles. The van der Waals surface area contributed by atoms with Gasteiger partial charge in [-0.05, 0) is 63.9 Å². The summed E-state index contributed by atoms with van der Waals surface area (Å²) >= 11 is 0. The molecule has 0 spiro atoms. The topological polar surface area (TPSA) is 121 Å². The van der Waals surface area contributed by atoms with E-state index in [4.69, 9.17) is 20.0 Å². The molecule has 0 unspecified atom stereocenters. The average molecular weight is 463 g/mol. The Morgan fingerprint density at radius 2 is 1.79 bits per heavy atom. The first-order valence-electron chi connectivity index (χ1n) is 11.8. The summed E-state index contributed by atoms with van der Waals surface area (Å²) in [5, 5.41) is 0. The van der Waals surface area contributed by atoms with Gasteiger partial charge in [0.2, 0.25) is 5.88 Å². The second-order valence-electron chi connectivity index (χ2n) is 9.81. The maximum atomic E-state index is 11.3. The van der Waals surface area contributed by atoms with Crippen molar-refractivity contribution in [2.45, 2.75) is 64.4 Å². The van der Waals surface area contributed by atoms with Crippen LogP contribution in [0, 0.1) is 12.8 Å². The number of ether oxygens (including phenoxy) is 1. The monoisotopic (exact) mass is 462 g/mol. The molecule has 1 fully saturated rings. The van der Waals surface area contributed by atoms with Crippen LogP contribution < -0.4 is 16.2 Å². The number of benzene rings is 1. The Hall–Kier alpha value is -3.49. The summed E-state index contributed by atoms with van der Waals surface area (Å²) in [6.07, 6.45) is 5.24. The fraction of sp³-hybridized carbons (Fsp3) is 0.480. The highest BCUT2D eigenvalue weighted by Gasteiger charge is 2.35. The maximum Gasteiger partial charge on any atom is 0.459 e. The van der Waals surface area contributed by atoms with E-state index in [0.717, 1.165) is 49.2 Å². The van der Waals surface area contributed by atoms with Crippen molar-refractivity contribution in [3.63, 3.8) is 0 Å². The van der Waals surface area contributed by atoms with E-state index in [0.29, 0.717) is 35.0 Å². The van der Waals surface area contributed by atoms with E-state index in [1.54, 1.807) is 14.0 Å². The van der Waals surface area contributed by atoms with Gasteiger partial charge in [-0.25, -0.2) is 14.8 Å². The van der Waals surface area contributed by atoms with Gasteiger partial charge in [0.1, 0.15) is 17.2 Å². The van der Waals surface area contributed by atoms with Crippen LogP contribution in [-0.2, 0) is 13.5 Å². The molecule has 0 saturated heterocycles. The Kier molecular flexibility index (Phi) is 5.50. The van der Waals surface area contributed by atoms with Crippen molar-refractivity contribution in [2.75, 3.05) is 5.73 Å². The van der Waals surface area contributed by atoms with Gasteiger partial charge in [0.25, 0.3) is 0 Å². The molecule has 2 N–H and O–H groups in total. The Bertz CT molecular complexity index is 1300.